The molecular weight excluding hydrogens is 268 g/mol. The van der Waals surface area contributed by atoms with E-state index in [4.69, 9.17) is 16.0 Å². The van der Waals surface area contributed by atoms with Crippen LogP contribution in [0.1, 0.15) is 18.9 Å². The standard InChI is InChI=1S/C12H18N2O2S2/c1-2-17-9-5-3-6-10(18-8-4-7-15)11(9)12(13)14-16/h3,5-6,15-16H,2,4,7-8H2,1H3,(H2,13,14). The minimum atomic E-state index is 0.137. The number of benzene rings is 1. The fourth-order valence-electron chi connectivity index (χ4n) is 1.46. The van der Waals surface area contributed by atoms with Crippen LogP contribution >= 0.6 is 23.5 Å². The summed E-state index contributed by atoms with van der Waals surface area (Å²) in [6.45, 7) is 2.24. The Morgan fingerprint density at radius 3 is 2.56 bits per heavy atom. The second-order valence-corrected chi connectivity index (χ2v) is 5.92. The van der Waals surface area contributed by atoms with Crippen LogP contribution in [-0.4, -0.2) is 34.3 Å². The van der Waals surface area contributed by atoms with Crippen LogP contribution < -0.4 is 5.73 Å². The first-order chi connectivity index (χ1) is 8.74. The zero-order chi connectivity index (χ0) is 13.4. The van der Waals surface area contributed by atoms with Crippen molar-refractivity contribution in [3.8, 4) is 0 Å². The number of nitrogens with two attached hydrogens (primary N) is 1. The Morgan fingerprint density at radius 2 is 2.00 bits per heavy atom. The molecule has 18 heavy (non-hydrogen) atoms. The van der Waals surface area contributed by atoms with Gasteiger partial charge in [0.05, 0.1) is 0 Å². The molecule has 0 aliphatic carbocycles. The van der Waals surface area contributed by atoms with E-state index in [1.54, 1.807) is 23.5 Å². The third-order valence-electron chi connectivity index (χ3n) is 2.21. The lowest BCUT2D eigenvalue weighted by Gasteiger charge is -2.12. The van der Waals surface area contributed by atoms with Crippen LogP contribution in [0.2, 0.25) is 0 Å². The Balaban J connectivity index is 3.03. The summed E-state index contributed by atoms with van der Waals surface area (Å²) < 4.78 is 0. The Morgan fingerprint density at radius 1 is 1.33 bits per heavy atom. The summed E-state index contributed by atoms with van der Waals surface area (Å²) in [7, 11) is 0. The summed E-state index contributed by atoms with van der Waals surface area (Å²) in [4.78, 5) is 2.00. The van der Waals surface area contributed by atoms with Crippen molar-refractivity contribution in [1.29, 1.82) is 0 Å². The van der Waals surface area contributed by atoms with Gasteiger partial charge in [-0.25, -0.2) is 0 Å². The van der Waals surface area contributed by atoms with Gasteiger partial charge in [0.15, 0.2) is 5.84 Å². The molecule has 100 valence electrons. The first-order valence-corrected chi connectivity index (χ1v) is 7.69. The molecule has 0 fully saturated rings. The van der Waals surface area contributed by atoms with Crippen molar-refractivity contribution in [3.05, 3.63) is 23.8 Å². The van der Waals surface area contributed by atoms with Crippen molar-refractivity contribution in [2.24, 2.45) is 10.9 Å². The van der Waals surface area contributed by atoms with Gasteiger partial charge in [0.2, 0.25) is 0 Å². The van der Waals surface area contributed by atoms with Crippen molar-refractivity contribution >= 4 is 29.4 Å². The van der Waals surface area contributed by atoms with Crippen molar-refractivity contribution in [2.75, 3.05) is 18.1 Å². The Bertz CT molecular complexity index is 411. The highest BCUT2D eigenvalue weighted by Crippen LogP contribution is 2.31. The first kappa shape index (κ1) is 15.2. The monoisotopic (exact) mass is 286 g/mol. The molecule has 0 amide bonds. The van der Waals surface area contributed by atoms with Crippen molar-refractivity contribution in [1.82, 2.24) is 0 Å². The summed E-state index contributed by atoms with van der Waals surface area (Å²) in [5.41, 5.74) is 6.54. The fraction of sp³-hybridized carbons (Fsp3) is 0.417. The number of rotatable bonds is 7. The van der Waals surface area contributed by atoms with Gasteiger partial charge in [-0.05, 0) is 24.3 Å². The average Bonchev–Trinajstić information content (AvgIpc) is 2.39. The zero-order valence-electron chi connectivity index (χ0n) is 10.3. The third kappa shape index (κ3) is 4.12. The highest BCUT2D eigenvalue weighted by atomic mass is 32.2. The van der Waals surface area contributed by atoms with E-state index < -0.39 is 0 Å². The minimum absolute atomic E-state index is 0.137. The molecule has 4 N–H and O–H groups in total. The number of aliphatic hydroxyl groups is 1. The predicted octanol–water partition coefficient (Wildman–Crippen LogP) is 2.37. The summed E-state index contributed by atoms with van der Waals surface area (Å²) >= 11 is 3.27. The normalized spacial score (nSPS) is 11.8. The Hall–Kier alpha value is -0.850. The van der Waals surface area contributed by atoms with Gasteiger partial charge >= 0.3 is 0 Å². The van der Waals surface area contributed by atoms with Gasteiger partial charge in [0.25, 0.3) is 0 Å². The van der Waals surface area contributed by atoms with E-state index in [9.17, 15) is 0 Å². The molecule has 0 aromatic heterocycles. The third-order valence-corrected chi connectivity index (χ3v) is 4.30. The van der Waals surface area contributed by atoms with Crippen LogP contribution in [0.4, 0.5) is 0 Å². The van der Waals surface area contributed by atoms with Crippen molar-refractivity contribution < 1.29 is 10.3 Å². The molecule has 0 aliphatic rings. The maximum absolute atomic E-state index is 8.88. The Kier molecular flexibility index (Phi) is 7.00. The van der Waals surface area contributed by atoms with Crippen LogP contribution in [0.15, 0.2) is 33.1 Å². The zero-order valence-corrected chi connectivity index (χ0v) is 11.9. The van der Waals surface area contributed by atoms with Crippen molar-refractivity contribution in [3.63, 3.8) is 0 Å². The largest absolute Gasteiger partial charge is 0.409 e. The molecule has 6 heteroatoms. The minimum Gasteiger partial charge on any atom is -0.409 e. The molecule has 0 spiro atoms. The lowest BCUT2D eigenvalue weighted by atomic mass is 10.2. The molecule has 0 saturated heterocycles. The van der Waals surface area contributed by atoms with Gasteiger partial charge in [-0.3, -0.25) is 0 Å². The number of hydrogen-bond acceptors (Lipinski definition) is 5. The second kappa shape index (κ2) is 8.29. The summed E-state index contributed by atoms with van der Waals surface area (Å²) in [6.07, 6.45) is 0.728. The highest BCUT2D eigenvalue weighted by molar-refractivity contribution is 8.00. The van der Waals surface area contributed by atoms with E-state index in [2.05, 4.69) is 12.1 Å². The molecule has 0 saturated carbocycles. The molecule has 1 aromatic rings. The maximum Gasteiger partial charge on any atom is 0.172 e. The lowest BCUT2D eigenvalue weighted by molar-refractivity contribution is 0.296. The van der Waals surface area contributed by atoms with Gasteiger partial charge in [0, 0.05) is 27.7 Å². The fourth-order valence-corrected chi connectivity index (χ4v) is 3.39. The van der Waals surface area contributed by atoms with E-state index in [1.165, 1.54) is 0 Å². The van der Waals surface area contributed by atoms with E-state index in [0.29, 0.717) is 0 Å². The molecule has 4 nitrogen and oxygen atoms in total. The molecule has 0 bridgehead atoms. The van der Waals surface area contributed by atoms with Gasteiger partial charge in [0.1, 0.15) is 0 Å². The van der Waals surface area contributed by atoms with Gasteiger partial charge < -0.3 is 16.0 Å². The smallest absolute Gasteiger partial charge is 0.172 e. The number of oxime groups is 1. The maximum atomic E-state index is 8.88. The molecule has 0 heterocycles. The summed E-state index contributed by atoms with van der Waals surface area (Å²) in [5, 5.41) is 20.8. The van der Waals surface area contributed by atoms with E-state index in [1.807, 2.05) is 18.2 Å². The van der Waals surface area contributed by atoms with Crippen LogP contribution in [0, 0.1) is 0 Å². The number of amidine groups is 1. The topological polar surface area (TPSA) is 78.8 Å². The first-order valence-electron chi connectivity index (χ1n) is 5.72. The van der Waals surface area contributed by atoms with Gasteiger partial charge in [-0.15, -0.1) is 23.5 Å². The van der Waals surface area contributed by atoms with Gasteiger partial charge in [-0.1, -0.05) is 18.1 Å². The summed E-state index contributed by atoms with van der Waals surface area (Å²) in [5.74, 6) is 1.87. The van der Waals surface area contributed by atoms with Crippen LogP contribution in [0.25, 0.3) is 0 Å². The highest BCUT2D eigenvalue weighted by Gasteiger charge is 2.13. The summed E-state index contributed by atoms with van der Waals surface area (Å²) in [6, 6.07) is 5.89. The number of hydrogen-bond donors (Lipinski definition) is 3. The molecule has 1 rings (SSSR count). The average molecular weight is 286 g/mol. The molecular formula is C12H18N2O2S2. The molecule has 0 aliphatic heterocycles. The quantitative estimate of drug-likeness (QED) is 0.179. The SMILES string of the molecule is CCSc1cccc(SCCCO)c1/C(N)=N/O. The molecule has 0 unspecified atom stereocenters. The second-order valence-electron chi connectivity index (χ2n) is 3.47. The van der Waals surface area contributed by atoms with E-state index in [-0.39, 0.29) is 12.4 Å². The van der Waals surface area contributed by atoms with Gasteiger partial charge in [-0.2, -0.15) is 0 Å². The lowest BCUT2D eigenvalue weighted by Crippen LogP contribution is -2.15. The molecule has 0 atom stereocenters. The number of nitrogens with zero attached hydrogens (tertiary/aromatic N) is 1. The molecule has 1 aromatic carbocycles. The van der Waals surface area contributed by atoms with E-state index >= 15 is 0 Å². The van der Waals surface area contributed by atoms with Crippen LogP contribution in [0.5, 0.6) is 0 Å². The van der Waals surface area contributed by atoms with Crippen LogP contribution in [-0.2, 0) is 0 Å². The van der Waals surface area contributed by atoms with E-state index in [0.717, 1.165) is 33.3 Å². The number of thioether (sulfide) groups is 2. The molecule has 0 radical (unpaired) electrons. The van der Waals surface area contributed by atoms with Crippen molar-refractivity contribution in [2.45, 2.75) is 23.1 Å². The Labute approximate surface area is 116 Å². The number of aliphatic hydroxyl groups excluding tert-OH is 1. The predicted molar refractivity (Wildman–Crippen MR) is 77.8 cm³/mol. The van der Waals surface area contributed by atoms with Crippen LogP contribution in [0.3, 0.4) is 0 Å².